The zero-order valence-electron chi connectivity index (χ0n) is 9.08. The molecule has 0 saturated carbocycles. The average Bonchev–Trinajstić information content (AvgIpc) is 2.73. The normalized spacial score (nSPS) is 10.8. The minimum absolute atomic E-state index is 0.201. The second kappa shape index (κ2) is 3.19. The first-order valence-corrected chi connectivity index (χ1v) is 5.09. The second-order valence-electron chi connectivity index (χ2n) is 3.81. The largest absolute Gasteiger partial charge is 0.334 e. The molecule has 0 amide bonds. The standard InChI is InChI=1S/C12H8N4O/c1-15-7-8(6-13)11-14-9-4-2-3-5-10(9)16(11)12(15)17/h2-5,7H,1H3. The number of fused-ring (bicyclic) bond motifs is 3. The van der Waals surface area contributed by atoms with Gasteiger partial charge in [0, 0.05) is 13.2 Å². The minimum Gasteiger partial charge on any atom is -0.302 e. The van der Waals surface area contributed by atoms with Crippen LogP contribution in [0, 0.1) is 11.3 Å². The second-order valence-corrected chi connectivity index (χ2v) is 3.81. The molecule has 0 aliphatic rings. The van der Waals surface area contributed by atoms with Crippen molar-refractivity contribution in [2.45, 2.75) is 0 Å². The van der Waals surface area contributed by atoms with Gasteiger partial charge in [-0.2, -0.15) is 5.26 Å². The summed E-state index contributed by atoms with van der Waals surface area (Å²) >= 11 is 0. The van der Waals surface area contributed by atoms with Crippen molar-refractivity contribution in [1.29, 1.82) is 5.26 Å². The third kappa shape index (κ3) is 1.18. The van der Waals surface area contributed by atoms with Gasteiger partial charge >= 0.3 is 5.69 Å². The van der Waals surface area contributed by atoms with Gasteiger partial charge in [-0.05, 0) is 12.1 Å². The van der Waals surface area contributed by atoms with E-state index >= 15 is 0 Å². The molecule has 0 unspecified atom stereocenters. The molecule has 5 nitrogen and oxygen atoms in total. The number of imidazole rings is 1. The van der Waals surface area contributed by atoms with Gasteiger partial charge in [-0.3, -0.25) is 0 Å². The molecule has 0 radical (unpaired) electrons. The summed E-state index contributed by atoms with van der Waals surface area (Å²) in [5, 5.41) is 9.06. The van der Waals surface area contributed by atoms with Crippen molar-refractivity contribution in [2.75, 3.05) is 0 Å². The number of para-hydroxylation sites is 2. The number of benzene rings is 1. The molecule has 3 aromatic rings. The summed E-state index contributed by atoms with van der Waals surface area (Å²) in [6.45, 7) is 0. The lowest BCUT2D eigenvalue weighted by Gasteiger charge is -2.00. The first-order chi connectivity index (χ1) is 8.22. The molecule has 0 spiro atoms. The van der Waals surface area contributed by atoms with Gasteiger partial charge < -0.3 is 4.57 Å². The summed E-state index contributed by atoms with van der Waals surface area (Å²) < 4.78 is 2.85. The molecule has 3 rings (SSSR count). The number of hydrogen-bond acceptors (Lipinski definition) is 3. The summed E-state index contributed by atoms with van der Waals surface area (Å²) in [5.74, 6) is 0. The third-order valence-corrected chi connectivity index (χ3v) is 2.74. The molecule has 2 aromatic heterocycles. The fourth-order valence-electron chi connectivity index (χ4n) is 1.94. The van der Waals surface area contributed by atoms with Gasteiger partial charge in [-0.25, -0.2) is 14.2 Å². The van der Waals surface area contributed by atoms with E-state index in [4.69, 9.17) is 5.26 Å². The van der Waals surface area contributed by atoms with Crippen LogP contribution in [0.3, 0.4) is 0 Å². The summed E-state index contributed by atoms with van der Waals surface area (Å²) in [4.78, 5) is 16.4. The lowest BCUT2D eigenvalue weighted by atomic mass is 10.3. The molecule has 0 aliphatic heterocycles. The Bertz CT molecular complexity index is 835. The van der Waals surface area contributed by atoms with E-state index in [0.29, 0.717) is 16.7 Å². The van der Waals surface area contributed by atoms with Crippen molar-refractivity contribution in [1.82, 2.24) is 14.0 Å². The smallest absolute Gasteiger partial charge is 0.302 e. The molecule has 0 bridgehead atoms. The highest BCUT2D eigenvalue weighted by atomic mass is 16.1. The van der Waals surface area contributed by atoms with E-state index in [1.54, 1.807) is 7.05 Å². The highest BCUT2D eigenvalue weighted by molar-refractivity contribution is 5.81. The molecule has 0 N–H and O–H groups in total. The van der Waals surface area contributed by atoms with Gasteiger partial charge in [0.15, 0.2) is 5.65 Å². The monoisotopic (exact) mass is 224 g/mol. The van der Waals surface area contributed by atoms with Gasteiger partial charge in [-0.1, -0.05) is 12.1 Å². The van der Waals surface area contributed by atoms with Crippen molar-refractivity contribution in [3.05, 3.63) is 46.5 Å². The Morgan fingerprint density at radius 2 is 2.12 bits per heavy atom. The van der Waals surface area contributed by atoms with E-state index in [2.05, 4.69) is 11.1 Å². The fraction of sp³-hybridized carbons (Fsp3) is 0.0833. The first-order valence-electron chi connectivity index (χ1n) is 5.09. The zero-order valence-corrected chi connectivity index (χ0v) is 9.08. The van der Waals surface area contributed by atoms with Crippen LogP contribution in [0.1, 0.15) is 5.56 Å². The van der Waals surface area contributed by atoms with E-state index in [9.17, 15) is 4.79 Å². The number of aromatic nitrogens is 3. The minimum atomic E-state index is -0.201. The summed E-state index contributed by atoms with van der Waals surface area (Å²) in [5.41, 5.74) is 2.04. The Balaban J connectivity index is 2.71. The van der Waals surface area contributed by atoms with E-state index in [-0.39, 0.29) is 5.69 Å². The molecule has 2 heterocycles. The SMILES string of the molecule is Cn1cc(C#N)c2nc3ccccc3n2c1=O. The van der Waals surface area contributed by atoms with Crippen molar-refractivity contribution >= 4 is 16.7 Å². The van der Waals surface area contributed by atoms with Crippen LogP contribution in [-0.2, 0) is 7.05 Å². The maximum absolute atomic E-state index is 12.0. The summed E-state index contributed by atoms with van der Waals surface area (Å²) in [7, 11) is 1.62. The average molecular weight is 224 g/mol. The Morgan fingerprint density at radius 1 is 1.35 bits per heavy atom. The fourth-order valence-corrected chi connectivity index (χ4v) is 1.94. The predicted molar refractivity (Wildman–Crippen MR) is 62.7 cm³/mol. The third-order valence-electron chi connectivity index (χ3n) is 2.74. The molecular formula is C12H8N4O. The maximum Gasteiger partial charge on any atom is 0.334 e. The van der Waals surface area contributed by atoms with Crippen LogP contribution in [0.5, 0.6) is 0 Å². The van der Waals surface area contributed by atoms with E-state index < -0.39 is 0 Å². The number of aryl methyl sites for hydroxylation is 1. The number of rotatable bonds is 0. The van der Waals surface area contributed by atoms with Crippen LogP contribution >= 0.6 is 0 Å². The molecule has 1 aromatic carbocycles. The molecule has 17 heavy (non-hydrogen) atoms. The van der Waals surface area contributed by atoms with Crippen LogP contribution in [0.2, 0.25) is 0 Å². The van der Waals surface area contributed by atoms with Gasteiger partial charge in [0.2, 0.25) is 0 Å². The molecule has 0 aliphatic carbocycles. The van der Waals surface area contributed by atoms with Crippen molar-refractivity contribution in [3.63, 3.8) is 0 Å². The number of nitriles is 1. The molecule has 5 heteroatoms. The van der Waals surface area contributed by atoms with Gasteiger partial charge in [0.25, 0.3) is 0 Å². The number of hydrogen-bond donors (Lipinski definition) is 0. The molecule has 82 valence electrons. The molecule has 0 fully saturated rings. The van der Waals surface area contributed by atoms with Gasteiger partial charge in [0.05, 0.1) is 11.0 Å². The van der Waals surface area contributed by atoms with E-state index in [0.717, 1.165) is 5.52 Å². The lowest BCUT2D eigenvalue weighted by molar-refractivity contribution is 0.794. The molecule has 0 atom stereocenters. The van der Waals surface area contributed by atoms with Crippen LogP contribution in [-0.4, -0.2) is 14.0 Å². The van der Waals surface area contributed by atoms with Gasteiger partial charge in [0.1, 0.15) is 11.6 Å². The van der Waals surface area contributed by atoms with E-state index in [1.807, 2.05) is 24.3 Å². The Kier molecular flexibility index (Phi) is 1.80. The Morgan fingerprint density at radius 3 is 2.88 bits per heavy atom. The van der Waals surface area contributed by atoms with Crippen molar-refractivity contribution < 1.29 is 0 Å². The quantitative estimate of drug-likeness (QED) is 0.573. The topological polar surface area (TPSA) is 63.1 Å². The summed E-state index contributed by atoms with van der Waals surface area (Å²) in [6.07, 6.45) is 1.50. The maximum atomic E-state index is 12.0. The van der Waals surface area contributed by atoms with Crippen LogP contribution in [0.25, 0.3) is 16.7 Å². The molecular weight excluding hydrogens is 216 g/mol. The Labute approximate surface area is 96.2 Å². The van der Waals surface area contributed by atoms with Crippen LogP contribution < -0.4 is 5.69 Å². The first kappa shape index (κ1) is 9.60. The predicted octanol–water partition coefficient (Wildman–Crippen LogP) is 1.06. The summed E-state index contributed by atoms with van der Waals surface area (Å²) in [6, 6.07) is 9.39. The van der Waals surface area contributed by atoms with Gasteiger partial charge in [-0.15, -0.1) is 0 Å². The molecule has 0 saturated heterocycles. The van der Waals surface area contributed by atoms with Crippen LogP contribution in [0.4, 0.5) is 0 Å². The lowest BCUT2D eigenvalue weighted by Crippen LogP contribution is -2.24. The highest BCUT2D eigenvalue weighted by Gasteiger charge is 2.11. The Hall–Kier alpha value is -2.61. The highest BCUT2D eigenvalue weighted by Crippen LogP contribution is 2.16. The van der Waals surface area contributed by atoms with Crippen molar-refractivity contribution in [2.24, 2.45) is 7.05 Å². The zero-order chi connectivity index (χ0) is 12.0. The van der Waals surface area contributed by atoms with Crippen molar-refractivity contribution in [3.8, 4) is 6.07 Å². The number of nitrogens with zero attached hydrogens (tertiary/aromatic N) is 4. The van der Waals surface area contributed by atoms with Crippen LogP contribution in [0.15, 0.2) is 35.3 Å². The van der Waals surface area contributed by atoms with E-state index in [1.165, 1.54) is 15.2 Å².